The van der Waals surface area contributed by atoms with E-state index < -0.39 is 0 Å². The fourth-order valence-electron chi connectivity index (χ4n) is 3.39. The van der Waals surface area contributed by atoms with Crippen molar-refractivity contribution in [3.8, 4) is 0 Å². The maximum absolute atomic E-state index is 4.69. The zero-order valence-corrected chi connectivity index (χ0v) is 16.6. The highest BCUT2D eigenvalue weighted by atomic mass is 15.3. The van der Waals surface area contributed by atoms with Crippen LogP contribution in [0, 0.1) is 0 Å². The number of guanidine groups is 1. The molecule has 2 N–H and O–H groups in total. The first-order chi connectivity index (χ1) is 13.2. The van der Waals surface area contributed by atoms with Gasteiger partial charge in [0.1, 0.15) is 12.9 Å². The van der Waals surface area contributed by atoms with Crippen molar-refractivity contribution in [1.82, 2.24) is 25.4 Å². The first kappa shape index (κ1) is 19.2. The minimum absolute atomic E-state index is 0.161. The van der Waals surface area contributed by atoms with Crippen molar-refractivity contribution in [3.63, 3.8) is 0 Å². The summed E-state index contributed by atoms with van der Waals surface area (Å²) in [5.74, 6) is 1.67. The van der Waals surface area contributed by atoms with E-state index in [9.17, 15) is 0 Å². The van der Waals surface area contributed by atoms with E-state index in [1.165, 1.54) is 24.1 Å². The molecule has 0 spiro atoms. The number of hydrogen-bond acceptors (Lipinski definition) is 4. The summed E-state index contributed by atoms with van der Waals surface area (Å²) >= 11 is 0. The van der Waals surface area contributed by atoms with Gasteiger partial charge in [0.05, 0.1) is 6.04 Å². The Morgan fingerprint density at radius 2 is 2.07 bits per heavy atom. The fraction of sp³-hybridized carbons (Fsp3) is 0.550. The van der Waals surface area contributed by atoms with E-state index in [1.54, 1.807) is 6.33 Å². The largest absolute Gasteiger partial charge is 0.372 e. The summed E-state index contributed by atoms with van der Waals surface area (Å²) in [5, 5.41) is 15.0. The molecule has 1 fully saturated rings. The van der Waals surface area contributed by atoms with Crippen LogP contribution in [0.25, 0.3) is 0 Å². The molecule has 2 heterocycles. The van der Waals surface area contributed by atoms with Crippen molar-refractivity contribution in [3.05, 3.63) is 42.0 Å². The molecule has 1 aliphatic heterocycles. The maximum atomic E-state index is 4.69. The second-order valence-electron chi connectivity index (χ2n) is 6.88. The monoisotopic (exact) mass is 369 g/mol. The van der Waals surface area contributed by atoms with Crippen molar-refractivity contribution in [2.75, 3.05) is 24.5 Å². The second kappa shape index (κ2) is 9.39. The van der Waals surface area contributed by atoms with Crippen LogP contribution in [0.4, 0.5) is 5.69 Å². The predicted molar refractivity (Wildman–Crippen MR) is 110 cm³/mol. The lowest BCUT2D eigenvalue weighted by atomic mass is 10.1. The lowest BCUT2D eigenvalue weighted by Crippen LogP contribution is -2.38. The predicted octanol–water partition coefficient (Wildman–Crippen LogP) is 2.71. The van der Waals surface area contributed by atoms with Crippen LogP contribution in [-0.2, 0) is 13.1 Å². The average Bonchev–Trinajstić information content (AvgIpc) is 3.38. The van der Waals surface area contributed by atoms with Gasteiger partial charge in [-0.15, -0.1) is 10.2 Å². The zero-order chi connectivity index (χ0) is 19.1. The van der Waals surface area contributed by atoms with Crippen molar-refractivity contribution in [2.24, 2.45) is 4.99 Å². The third kappa shape index (κ3) is 4.99. The van der Waals surface area contributed by atoms with Gasteiger partial charge in [-0.3, -0.25) is 0 Å². The Balaban J connectivity index is 1.68. The Morgan fingerprint density at radius 3 is 2.81 bits per heavy atom. The van der Waals surface area contributed by atoms with E-state index in [-0.39, 0.29) is 6.04 Å². The SMILES string of the molecule is CCNC(=NCc1nncn1CC)NC(C)c1cccc(N2CCCC2)c1. The topological polar surface area (TPSA) is 70.4 Å². The highest BCUT2D eigenvalue weighted by molar-refractivity contribution is 5.80. The van der Waals surface area contributed by atoms with Crippen molar-refractivity contribution in [2.45, 2.75) is 52.7 Å². The fourth-order valence-corrected chi connectivity index (χ4v) is 3.39. The summed E-state index contributed by atoms with van der Waals surface area (Å²) in [6.45, 7) is 10.8. The zero-order valence-electron chi connectivity index (χ0n) is 16.6. The average molecular weight is 370 g/mol. The summed E-state index contributed by atoms with van der Waals surface area (Å²) < 4.78 is 2.01. The molecular formula is C20H31N7. The number of rotatable bonds is 7. The van der Waals surface area contributed by atoms with E-state index in [2.05, 4.69) is 70.8 Å². The van der Waals surface area contributed by atoms with Gasteiger partial charge in [-0.05, 0) is 51.3 Å². The van der Waals surface area contributed by atoms with Crippen LogP contribution in [0.15, 0.2) is 35.6 Å². The number of hydrogen-bond donors (Lipinski definition) is 2. The molecule has 0 aliphatic carbocycles. The normalized spacial score (nSPS) is 15.8. The number of aliphatic imine (C=N–C) groups is 1. The number of anilines is 1. The molecule has 1 unspecified atom stereocenters. The molecule has 27 heavy (non-hydrogen) atoms. The molecule has 2 aromatic rings. The van der Waals surface area contributed by atoms with Gasteiger partial charge in [0, 0.05) is 31.9 Å². The quantitative estimate of drug-likeness (QED) is 0.580. The van der Waals surface area contributed by atoms with Crippen LogP contribution >= 0.6 is 0 Å². The molecule has 0 amide bonds. The third-order valence-corrected chi connectivity index (χ3v) is 4.95. The molecule has 1 atom stereocenters. The number of nitrogens with zero attached hydrogens (tertiary/aromatic N) is 5. The lowest BCUT2D eigenvalue weighted by Gasteiger charge is -2.22. The van der Waals surface area contributed by atoms with Gasteiger partial charge in [0.15, 0.2) is 11.8 Å². The number of aryl methyl sites for hydroxylation is 1. The Hall–Kier alpha value is -2.57. The molecule has 146 valence electrons. The number of aromatic nitrogens is 3. The molecule has 0 saturated carbocycles. The molecular weight excluding hydrogens is 338 g/mol. The summed E-state index contributed by atoms with van der Waals surface area (Å²) in [6.07, 6.45) is 4.33. The third-order valence-electron chi connectivity index (χ3n) is 4.95. The molecule has 1 aromatic carbocycles. The van der Waals surface area contributed by atoms with Crippen LogP contribution in [0.2, 0.25) is 0 Å². The van der Waals surface area contributed by atoms with E-state index in [0.29, 0.717) is 6.54 Å². The van der Waals surface area contributed by atoms with Crippen LogP contribution in [-0.4, -0.2) is 40.4 Å². The molecule has 1 aliphatic rings. The molecule has 1 aromatic heterocycles. The van der Waals surface area contributed by atoms with Crippen molar-refractivity contribution < 1.29 is 0 Å². The molecule has 1 saturated heterocycles. The van der Waals surface area contributed by atoms with Crippen molar-refractivity contribution in [1.29, 1.82) is 0 Å². The van der Waals surface area contributed by atoms with Gasteiger partial charge >= 0.3 is 0 Å². The summed E-state index contributed by atoms with van der Waals surface area (Å²) in [4.78, 5) is 7.16. The standard InChI is InChI=1S/C20H31N7/c1-4-21-20(22-14-19-25-23-15-26(19)5-2)24-16(3)17-9-8-10-18(13-17)27-11-6-7-12-27/h8-10,13,15-16H,4-7,11-12,14H2,1-3H3,(H2,21,22,24). The van der Waals surface area contributed by atoms with Gasteiger partial charge in [-0.2, -0.15) is 0 Å². The molecule has 7 heteroatoms. The maximum Gasteiger partial charge on any atom is 0.192 e. The van der Waals surface area contributed by atoms with Crippen molar-refractivity contribution >= 4 is 11.6 Å². The van der Waals surface area contributed by atoms with Gasteiger partial charge in [0.25, 0.3) is 0 Å². The van der Waals surface area contributed by atoms with E-state index in [1.807, 2.05) is 4.57 Å². The molecule has 3 rings (SSSR count). The number of benzene rings is 1. The molecule has 0 bridgehead atoms. The Labute approximate surface area is 161 Å². The number of nitrogens with one attached hydrogen (secondary N) is 2. The molecule has 7 nitrogen and oxygen atoms in total. The summed E-state index contributed by atoms with van der Waals surface area (Å²) in [7, 11) is 0. The van der Waals surface area contributed by atoms with Crippen LogP contribution in [0.3, 0.4) is 0 Å². The van der Waals surface area contributed by atoms with E-state index in [0.717, 1.165) is 38.0 Å². The van der Waals surface area contributed by atoms with Gasteiger partial charge in [0.2, 0.25) is 0 Å². The minimum atomic E-state index is 0.161. The summed E-state index contributed by atoms with van der Waals surface area (Å²) in [6, 6.07) is 8.98. The lowest BCUT2D eigenvalue weighted by molar-refractivity contribution is 0.671. The van der Waals surface area contributed by atoms with Crippen LogP contribution in [0.5, 0.6) is 0 Å². The van der Waals surface area contributed by atoms with Gasteiger partial charge < -0.3 is 20.1 Å². The Morgan fingerprint density at radius 1 is 1.26 bits per heavy atom. The van der Waals surface area contributed by atoms with Crippen LogP contribution < -0.4 is 15.5 Å². The van der Waals surface area contributed by atoms with E-state index in [4.69, 9.17) is 4.99 Å². The van der Waals surface area contributed by atoms with Gasteiger partial charge in [-0.25, -0.2) is 4.99 Å². The molecule has 0 radical (unpaired) electrons. The second-order valence-corrected chi connectivity index (χ2v) is 6.88. The first-order valence-corrected chi connectivity index (χ1v) is 9.97. The Bertz CT molecular complexity index is 746. The first-order valence-electron chi connectivity index (χ1n) is 9.97. The minimum Gasteiger partial charge on any atom is -0.372 e. The highest BCUT2D eigenvalue weighted by Gasteiger charge is 2.14. The highest BCUT2D eigenvalue weighted by Crippen LogP contribution is 2.23. The van der Waals surface area contributed by atoms with E-state index >= 15 is 0 Å². The summed E-state index contributed by atoms with van der Waals surface area (Å²) in [5.41, 5.74) is 2.58. The Kier molecular flexibility index (Phi) is 6.68. The van der Waals surface area contributed by atoms with Crippen LogP contribution in [0.1, 0.15) is 51.0 Å². The smallest absolute Gasteiger partial charge is 0.192 e. The van der Waals surface area contributed by atoms with Gasteiger partial charge in [-0.1, -0.05) is 12.1 Å².